The van der Waals surface area contributed by atoms with Crippen LogP contribution in [-0.2, 0) is 9.53 Å². The molecule has 1 atom stereocenters. The number of carbonyl (C=O) groups is 2. The lowest BCUT2D eigenvalue weighted by atomic mass is 10.2. The van der Waals surface area contributed by atoms with E-state index in [1.165, 1.54) is 11.3 Å². The van der Waals surface area contributed by atoms with Crippen LogP contribution in [0.3, 0.4) is 0 Å². The second-order valence-corrected chi connectivity index (χ2v) is 5.00. The van der Waals surface area contributed by atoms with Crippen LogP contribution in [0.4, 0.5) is 9.93 Å². The molecule has 2 heterocycles. The zero-order chi connectivity index (χ0) is 13.8. The van der Waals surface area contributed by atoms with E-state index in [2.05, 4.69) is 15.6 Å². The van der Waals surface area contributed by atoms with Crippen LogP contribution >= 0.6 is 11.3 Å². The number of urea groups is 1. The molecule has 0 aromatic carbocycles. The molecule has 1 aliphatic rings. The summed E-state index contributed by atoms with van der Waals surface area (Å²) in [4.78, 5) is 29.2. The van der Waals surface area contributed by atoms with Gasteiger partial charge in [-0.3, -0.25) is 10.1 Å². The first-order chi connectivity index (χ1) is 9.10. The van der Waals surface area contributed by atoms with E-state index in [0.717, 1.165) is 5.69 Å². The van der Waals surface area contributed by atoms with Gasteiger partial charge in [0.1, 0.15) is 0 Å². The van der Waals surface area contributed by atoms with Crippen LogP contribution in [0.15, 0.2) is 5.38 Å². The number of aryl methyl sites for hydroxylation is 1. The Kier molecular flexibility index (Phi) is 4.33. The summed E-state index contributed by atoms with van der Waals surface area (Å²) in [6.07, 6.45) is -0.609. The number of hydrogen-bond acceptors (Lipinski definition) is 5. The fourth-order valence-electron chi connectivity index (χ4n) is 1.74. The number of rotatable bonds is 2. The van der Waals surface area contributed by atoms with E-state index < -0.39 is 6.10 Å². The van der Waals surface area contributed by atoms with E-state index in [1.54, 1.807) is 11.9 Å². The summed E-state index contributed by atoms with van der Waals surface area (Å²) in [6.45, 7) is 2.92. The van der Waals surface area contributed by atoms with Gasteiger partial charge in [0, 0.05) is 19.0 Å². The minimum atomic E-state index is -0.609. The predicted octanol–water partition coefficient (Wildman–Crippen LogP) is 0.430. The Balaban J connectivity index is 1.93. The molecule has 1 fully saturated rings. The number of thiazole rings is 1. The molecule has 2 N–H and O–H groups in total. The molecule has 0 saturated carbocycles. The Hall–Kier alpha value is -1.67. The lowest BCUT2D eigenvalue weighted by Gasteiger charge is -2.31. The number of morpholine rings is 1. The van der Waals surface area contributed by atoms with Gasteiger partial charge in [0.05, 0.1) is 18.8 Å². The van der Waals surface area contributed by atoms with Crippen LogP contribution in [0.2, 0.25) is 0 Å². The molecule has 2 rings (SSSR count). The maximum Gasteiger partial charge on any atom is 0.323 e. The van der Waals surface area contributed by atoms with Gasteiger partial charge in [-0.1, -0.05) is 0 Å². The second kappa shape index (κ2) is 5.98. The first kappa shape index (κ1) is 13.8. The second-order valence-electron chi connectivity index (χ2n) is 4.14. The number of amides is 3. The molecule has 0 unspecified atom stereocenters. The molecule has 1 aliphatic heterocycles. The van der Waals surface area contributed by atoms with Crippen LogP contribution in [-0.4, -0.2) is 54.7 Å². The maximum absolute atomic E-state index is 12.0. The minimum absolute atomic E-state index is 0.220. The van der Waals surface area contributed by atoms with Crippen LogP contribution in [0.25, 0.3) is 0 Å². The quantitative estimate of drug-likeness (QED) is 0.825. The van der Waals surface area contributed by atoms with Gasteiger partial charge in [0.2, 0.25) is 0 Å². The summed E-state index contributed by atoms with van der Waals surface area (Å²) in [5, 5.41) is 7.66. The SMILES string of the molecule is CNC(=O)[C@H]1CN(C(=O)Nc2nc(C)cs2)CCO1. The zero-order valence-corrected chi connectivity index (χ0v) is 11.6. The van der Waals surface area contributed by atoms with Crippen molar-refractivity contribution in [2.75, 3.05) is 32.1 Å². The van der Waals surface area contributed by atoms with Crippen molar-refractivity contribution in [1.82, 2.24) is 15.2 Å². The molecule has 8 heteroatoms. The molecule has 1 aromatic heterocycles. The summed E-state index contributed by atoms with van der Waals surface area (Å²) >= 11 is 1.37. The zero-order valence-electron chi connectivity index (χ0n) is 10.8. The highest BCUT2D eigenvalue weighted by Gasteiger charge is 2.28. The van der Waals surface area contributed by atoms with Crippen molar-refractivity contribution < 1.29 is 14.3 Å². The molecular formula is C11H16N4O3S. The summed E-state index contributed by atoms with van der Waals surface area (Å²) in [6, 6.07) is -0.258. The van der Waals surface area contributed by atoms with E-state index in [9.17, 15) is 9.59 Å². The van der Waals surface area contributed by atoms with Crippen LogP contribution in [0, 0.1) is 6.92 Å². The largest absolute Gasteiger partial charge is 0.365 e. The number of anilines is 1. The van der Waals surface area contributed by atoms with Crippen molar-refractivity contribution in [3.05, 3.63) is 11.1 Å². The van der Waals surface area contributed by atoms with Gasteiger partial charge >= 0.3 is 6.03 Å². The fraction of sp³-hybridized carbons (Fsp3) is 0.545. The fourth-order valence-corrected chi connectivity index (χ4v) is 2.41. The Labute approximate surface area is 115 Å². The highest BCUT2D eigenvalue weighted by Crippen LogP contribution is 2.15. The van der Waals surface area contributed by atoms with Gasteiger partial charge in [-0.2, -0.15) is 0 Å². The van der Waals surface area contributed by atoms with Crippen molar-refractivity contribution in [2.45, 2.75) is 13.0 Å². The Bertz CT molecular complexity index is 476. The molecule has 0 aliphatic carbocycles. The first-order valence-electron chi connectivity index (χ1n) is 5.91. The highest BCUT2D eigenvalue weighted by molar-refractivity contribution is 7.13. The third kappa shape index (κ3) is 3.42. The van der Waals surface area contributed by atoms with Crippen LogP contribution in [0.5, 0.6) is 0 Å². The molecule has 1 aromatic rings. The van der Waals surface area contributed by atoms with Gasteiger partial charge < -0.3 is 15.0 Å². The van der Waals surface area contributed by atoms with Crippen molar-refractivity contribution in [1.29, 1.82) is 0 Å². The topological polar surface area (TPSA) is 83.6 Å². The van der Waals surface area contributed by atoms with E-state index in [-0.39, 0.29) is 18.5 Å². The Morgan fingerprint density at radius 2 is 2.37 bits per heavy atom. The van der Waals surface area contributed by atoms with E-state index in [4.69, 9.17) is 4.74 Å². The summed E-state index contributed by atoms with van der Waals surface area (Å²) in [5.74, 6) is -0.220. The molecule has 1 saturated heterocycles. The van der Waals surface area contributed by atoms with Gasteiger partial charge in [0.25, 0.3) is 5.91 Å². The molecular weight excluding hydrogens is 268 g/mol. The number of nitrogens with zero attached hydrogens (tertiary/aromatic N) is 2. The van der Waals surface area contributed by atoms with E-state index >= 15 is 0 Å². The first-order valence-corrected chi connectivity index (χ1v) is 6.79. The molecule has 0 bridgehead atoms. The smallest absolute Gasteiger partial charge is 0.323 e. The van der Waals surface area contributed by atoms with E-state index in [1.807, 2.05) is 12.3 Å². The number of nitrogens with one attached hydrogen (secondary N) is 2. The van der Waals surface area contributed by atoms with Gasteiger partial charge in [-0.05, 0) is 6.92 Å². The number of ether oxygens (including phenoxy) is 1. The van der Waals surface area contributed by atoms with Crippen molar-refractivity contribution in [3.63, 3.8) is 0 Å². The average Bonchev–Trinajstić information content (AvgIpc) is 2.83. The lowest BCUT2D eigenvalue weighted by Crippen LogP contribution is -2.52. The number of carbonyl (C=O) groups excluding carboxylic acids is 2. The number of aromatic nitrogens is 1. The molecule has 0 spiro atoms. The summed E-state index contributed by atoms with van der Waals surface area (Å²) < 4.78 is 5.32. The van der Waals surface area contributed by atoms with Crippen molar-refractivity contribution in [3.8, 4) is 0 Å². The third-order valence-corrected chi connectivity index (χ3v) is 3.60. The van der Waals surface area contributed by atoms with Crippen LogP contribution < -0.4 is 10.6 Å². The Morgan fingerprint density at radius 1 is 1.58 bits per heavy atom. The van der Waals surface area contributed by atoms with Gasteiger partial charge in [0.15, 0.2) is 11.2 Å². The maximum atomic E-state index is 12.0. The number of hydrogen-bond donors (Lipinski definition) is 2. The molecule has 3 amide bonds. The van der Waals surface area contributed by atoms with Gasteiger partial charge in [-0.25, -0.2) is 9.78 Å². The summed E-state index contributed by atoms with van der Waals surface area (Å²) in [5.41, 5.74) is 0.866. The molecule has 19 heavy (non-hydrogen) atoms. The molecule has 104 valence electrons. The average molecular weight is 284 g/mol. The summed E-state index contributed by atoms with van der Waals surface area (Å²) in [7, 11) is 1.54. The monoisotopic (exact) mass is 284 g/mol. The molecule has 7 nitrogen and oxygen atoms in total. The molecule has 0 radical (unpaired) electrons. The van der Waals surface area contributed by atoms with Crippen molar-refractivity contribution >= 4 is 28.4 Å². The highest BCUT2D eigenvalue weighted by atomic mass is 32.1. The van der Waals surface area contributed by atoms with E-state index in [0.29, 0.717) is 18.3 Å². The normalized spacial score (nSPS) is 19.1. The van der Waals surface area contributed by atoms with Crippen LogP contribution in [0.1, 0.15) is 5.69 Å². The minimum Gasteiger partial charge on any atom is -0.365 e. The number of likely N-dealkylation sites (N-methyl/N-ethyl adjacent to an activating group) is 1. The third-order valence-electron chi connectivity index (χ3n) is 2.73. The standard InChI is InChI=1S/C11H16N4O3S/c1-7-6-19-10(13-7)14-11(17)15-3-4-18-8(5-15)9(16)12-2/h6,8H,3-5H2,1-2H3,(H,12,16)(H,13,14,17)/t8-/m1/s1. The van der Waals surface area contributed by atoms with Gasteiger partial charge in [-0.15, -0.1) is 11.3 Å². The Morgan fingerprint density at radius 3 is 3.00 bits per heavy atom. The lowest BCUT2D eigenvalue weighted by molar-refractivity contribution is -0.136. The van der Waals surface area contributed by atoms with Crippen molar-refractivity contribution in [2.24, 2.45) is 0 Å². The predicted molar refractivity (Wildman–Crippen MR) is 71.2 cm³/mol.